The Balaban J connectivity index is 2.17. The van der Waals surface area contributed by atoms with Gasteiger partial charge in [0.1, 0.15) is 12.0 Å². The molecule has 0 unspecified atom stereocenters. The Morgan fingerprint density at radius 2 is 1.89 bits per heavy atom. The first-order chi connectivity index (χ1) is 8.58. The molecule has 3 N–H and O–H groups in total. The van der Waals surface area contributed by atoms with Gasteiger partial charge in [-0.15, -0.1) is 0 Å². The van der Waals surface area contributed by atoms with Gasteiger partial charge in [0.25, 0.3) is 0 Å². The maximum atomic E-state index is 6.15. The van der Waals surface area contributed by atoms with Crippen LogP contribution >= 0.6 is 0 Å². The number of aromatic nitrogens is 2. The molecule has 0 aromatic carbocycles. The van der Waals surface area contributed by atoms with Gasteiger partial charge in [-0.1, -0.05) is 0 Å². The van der Waals surface area contributed by atoms with E-state index in [9.17, 15) is 0 Å². The quantitative estimate of drug-likeness (QED) is 0.820. The standard InChI is InChI=1S/C12H22N6/c1-9(2)16-11-10(13)12(15-8-14-11)18-6-4-17(3)5-7-18/h8-9H,4-7,13H2,1-3H3,(H,14,15,16). The Labute approximate surface area is 108 Å². The lowest BCUT2D eigenvalue weighted by Crippen LogP contribution is -2.45. The van der Waals surface area contributed by atoms with Crippen LogP contribution in [-0.2, 0) is 0 Å². The molecule has 1 aliphatic rings. The van der Waals surface area contributed by atoms with Gasteiger partial charge >= 0.3 is 0 Å². The van der Waals surface area contributed by atoms with Gasteiger partial charge < -0.3 is 20.9 Å². The summed E-state index contributed by atoms with van der Waals surface area (Å²) in [5, 5.41) is 3.25. The molecule has 0 atom stereocenters. The van der Waals surface area contributed by atoms with Crippen LogP contribution < -0.4 is 16.0 Å². The number of likely N-dealkylation sites (N-methyl/N-ethyl adjacent to an activating group) is 1. The monoisotopic (exact) mass is 250 g/mol. The fourth-order valence-corrected chi connectivity index (χ4v) is 2.04. The maximum Gasteiger partial charge on any atom is 0.157 e. The van der Waals surface area contributed by atoms with Crippen LogP contribution in [0.4, 0.5) is 17.3 Å². The molecule has 18 heavy (non-hydrogen) atoms. The summed E-state index contributed by atoms with van der Waals surface area (Å²) in [6, 6.07) is 0.308. The van der Waals surface area contributed by atoms with Gasteiger partial charge in [-0.25, -0.2) is 9.97 Å². The van der Waals surface area contributed by atoms with Crippen LogP contribution in [0.25, 0.3) is 0 Å². The van der Waals surface area contributed by atoms with E-state index in [1.807, 2.05) is 0 Å². The van der Waals surface area contributed by atoms with Crippen molar-refractivity contribution in [2.24, 2.45) is 0 Å². The molecule has 0 spiro atoms. The normalized spacial score (nSPS) is 17.2. The van der Waals surface area contributed by atoms with Crippen molar-refractivity contribution in [3.63, 3.8) is 0 Å². The lowest BCUT2D eigenvalue weighted by molar-refractivity contribution is 0.312. The first kappa shape index (κ1) is 12.9. The molecule has 6 nitrogen and oxygen atoms in total. The summed E-state index contributed by atoms with van der Waals surface area (Å²) in [5.41, 5.74) is 6.80. The Hall–Kier alpha value is -1.56. The van der Waals surface area contributed by atoms with Gasteiger partial charge in [0.05, 0.1) is 0 Å². The van der Waals surface area contributed by atoms with E-state index in [1.165, 1.54) is 0 Å². The van der Waals surface area contributed by atoms with Crippen molar-refractivity contribution in [2.75, 3.05) is 49.2 Å². The van der Waals surface area contributed by atoms with Crippen molar-refractivity contribution in [1.82, 2.24) is 14.9 Å². The van der Waals surface area contributed by atoms with Gasteiger partial charge in [-0.2, -0.15) is 0 Å². The zero-order valence-corrected chi connectivity index (χ0v) is 11.3. The van der Waals surface area contributed by atoms with Crippen LogP contribution in [0.3, 0.4) is 0 Å². The number of nitrogens with two attached hydrogens (primary N) is 1. The first-order valence-corrected chi connectivity index (χ1v) is 6.38. The molecular formula is C12H22N6. The van der Waals surface area contributed by atoms with Crippen molar-refractivity contribution in [1.29, 1.82) is 0 Å². The predicted octanol–water partition coefficient (Wildman–Crippen LogP) is 0.631. The van der Waals surface area contributed by atoms with Crippen LogP contribution in [0, 0.1) is 0 Å². The third-order valence-corrected chi connectivity index (χ3v) is 3.09. The Bertz CT molecular complexity index is 398. The second-order valence-electron chi connectivity index (χ2n) is 5.05. The summed E-state index contributed by atoms with van der Waals surface area (Å²) in [5.74, 6) is 1.58. The average molecular weight is 250 g/mol. The minimum absolute atomic E-state index is 0.308. The van der Waals surface area contributed by atoms with Crippen molar-refractivity contribution in [3.05, 3.63) is 6.33 Å². The van der Waals surface area contributed by atoms with E-state index >= 15 is 0 Å². The van der Waals surface area contributed by atoms with Crippen LogP contribution in [-0.4, -0.2) is 54.1 Å². The Kier molecular flexibility index (Phi) is 3.86. The summed E-state index contributed by atoms with van der Waals surface area (Å²) in [6.07, 6.45) is 1.58. The minimum Gasteiger partial charge on any atom is -0.393 e. The number of nitrogens with one attached hydrogen (secondary N) is 1. The molecule has 1 aliphatic heterocycles. The van der Waals surface area contributed by atoms with Crippen LogP contribution in [0.1, 0.15) is 13.8 Å². The molecule has 2 heterocycles. The van der Waals surface area contributed by atoms with Gasteiger partial charge in [0, 0.05) is 32.2 Å². The third-order valence-electron chi connectivity index (χ3n) is 3.09. The minimum atomic E-state index is 0.308. The number of nitrogen functional groups attached to an aromatic ring is 1. The van der Waals surface area contributed by atoms with Gasteiger partial charge in [-0.3, -0.25) is 0 Å². The Morgan fingerprint density at radius 3 is 2.50 bits per heavy atom. The molecule has 100 valence electrons. The second kappa shape index (κ2) is 5.39. The maximum absolute atomic E-state index is 6.15. The topological polar surface area (TPSA) is 70.3 Å². The highest BCUT2D eigenvalue weighted by Gasteiger charge is 2.19. The van der Waals surface area contributed by atoms with Gasteiger partial charge in [0.15, 0.2) is 11.6 Å². The lowest BCUT2D eigenvalue weighted by Gasteiger charge is -2.33. The SMILES string of the molecule is CC(C)Nc1ncnc(N2CCN(C)CC2)c1N. The average Bonchev–Trinajstić information content (AvgIpc) is 2.33. The van der Waals surface area contributed by atoms with E-state index in [-0.39, 0.29) is 0 Å². The predicted molar refractivity (Wildman–Crippen MR) is 74.9 cm³/mol. The van der Waals surface area contributed by atoms with E-state index in [2.05, 4.69) is 46.0 Å². The second-order valence-corrected chi connectivity index (χ2v) is 5.05. The van der Waals surface area contributed by atoms with Gasteiger partial charge in [-0.05, 0) is 20.9 Å². The number of piperazine rings is 1. The van der Waals surface area contributed by atoms with E-state index in [4.69, 9.17) is 5.73 Å². The van der Waals surface area contributed by atoms with Crippen molar-refractivity contribution < 1.29 is 0 Å². The molecule has 0 saturated carbocycles. The fourth-order valence-electron chi connectivity index (χ4n) is 2.04. The first-order valence-electron chi connectivity index (χ1n) is 6.38. The molecule has 0 amide bonds. The summed E-state index contributed by atoms with van der Waals surface area (Å²) >= 11 is 0. The largest absolute Gasteiger partial charge is 0.393 e. The molecular weight excluding hydrogens is 228 g/mol. The number of rotatable bonds is 3. The van der Waals surface area contributed by atoms with E-state index in [1.54, 1.807) is 6.33 Å². The van der Waals surface area contributed by atoms with E-state index in [0.717, 1.165) is 37.8 Å². The molecule has 0 aliphatic carbocycles. The lowest BCUT2D eigenvalue weighted by atomic mass is 10.3. The zero-order valence-electron chi connectivity index (χ0n) is 11.3. The fraction of sp³-hybridized carbons (Fsp3) is 0.667. The molecule has 0 bridgehead atoms. The number of anilines is 3. The molecule has 6 heteroatoms. The Morgan fingerprint density at radius 1 is 1.22 bits per heavy atom. The number of nitrogens with zero attached hydrogens (tertiary/aromatic N) is 4. The summed E-state index contributed by atoms with van der Waals surface area (Å²) < 4.78 is 0. The number of hydrogen-bond acceptors (Lipinski definition) is 6. The van der Waals surface area contributed by atoms with Crippen molar-refractivity contribution in [2.45, 2.75) is 19.9 Å². The van der Waals surface area contributed by atoms with Crippen molar-refractivity contribution >= 4 is 17.3 Å². The highest BCUT2D eigenvalue weighted by atomic mass is 15.3. The summed E-state index contributed by atoms with van der Waals surface area (Å²) in [6.45, 7) is 8.12. The van der Waals surface area contributed by atoms with Crippen molar-refractivity contribution in [3.8, 4) is 0 Å². The zero-order chi connectivity index (χ0) is 13.1. The highest BCUT2D eigenvalue weighted by molar-refractivity contribution is 5.75. The molecule has 1 aromatic heterocycles. The molecule has 1 fully saturated rings. The van der Waals surface area contributed by atoms with Gasteiger partial charge in [0.2, 0.25) is 0 Å². The molecule has 1 aromatic rings. The van der Waals surface area contributed by atoms with Crippen LogP contribution in [0.2, 0.25) is 0 Å². The number of hydrogen-bond donors (Lipinski definition) is 2. The smallest absolute Gasteiger partial charge is 0.157 e. The summed E-state index contributed by atoms with van der Waals surface area (Å²) in [4.78, 5) is 13.1. The van der Waals surface area contributed by atoms with E-state index in [0.29, 0.717) is 11.7 Å². The summed E-state index contributed by atoms with van der Waals surface area (Å²) in [7, 11) is 2.13. The van der Waals surface area contributed by atoms with Crippen LogP contribution in [0.5, 0.6) is 0 Å². The van der Waals surface area contributed by atoms with E-state index < -0.39 is 0 Å². The molecule has 1 saturated heterocycles. The molecule has 0 radical (unpaired) electrons. The van der Waals surface area contributed by atoms with Crippen LogP contribution in [0.15, 0.2) is 6.33 Å². The molecule has 2 rings (SSSR count). The highest BCUT2D eigenvalue weighted by Crippen LogP contribution is 2.26. The third kappa shape index (κ3) is 2.81.